The standard InChI is InChI=1S/C20H20N2O2S/c1-11-6-5-7-13(10-11)24-20(23)18-17(21)16-15-9-4-3-8-14(15)12(2)22-19(16)25-18/h5-7,10H,3-4,8-9,21H2,1-2H3. The summed E-state index contributed by atoms with van der Waals surface area (Å²) in [6, 6.07) is 7.45. The molecule has 128 valence electrons. The van der Waals surface area contributed by atoms with Crippen LogP contribution in [-0.2, 0) is 12.8 Å². The van der Waals surface area contributed by atoms with Crippen LogP contribution in [-0.4, -0.2) is 11.0 Å². The predicted molar refractivity (Wildman–Crippen MR) is 102 cm³/mol. The fourth-order valence-electron chi connectivity index (χ4n) is 3.59. The van der Waals surface area contributed by atoms with E-state index in [1.54, 1.807) is 6.07 Å². The van der Waals surface area contributed by atoms with Gasteiger partial charge in [0.2, 0.25) is 0 Å². The van der Waals surface area contributed by atoms with E-state index < -0.39 is 5.97 Å². The minimum atomic E-state index is -0.409. The Morgan fingerprint density at radius 2 is 1.96 bits per heavy atom. The average molecular weight is 352 g/mol. The van der Waals surface area contributed by atoms with Crippen LogP contribution in [0.5, 0.6) is 5.75 Å². The maximum atomic E-state index is 12.6. The van der Waals surface area contributed by atoms with Crippen LogP contribution >= 0.6 is 11.3 Å². The van der Waals surface area contributed by atoms with Gasteiger partial charge >= 0.3 is 5.97 Å². The molecule has 0 saturated carbocycles. The zero-order valence-electron chi connectivity index (χ0n) is 14.4. The number of fused-ring (bicyclic) bond motifs is 3. The maximum Gasteiger partial charge on any atom is 0.355 e. The molecule has 0 radical (unpaired) electrons. The van der Waals surface area contributed by atoms with Gasteiger partial charge in [0.15, 0.2) is 0 Å². The topological polar surface area (TPSA) is 65.2 Å². The highest BCUT2D eigenvalue weighted by molar-refractivity contribution is 7.21. The predicted octanol–water partition coefficient (Wildman–Crippen LogP) is 4.59. The first-order valence-corrected chi connectivity index (χ1v) is 9.35. The first-order valence-electron chi connectivity index (χ1n) is 8.53. The summed E-state index contributed by atoms with van der Waals surface area (Å²) in [6.45, 7) is 4.01. The summed E-state index contributed by atoms with van der Waals surface area (Å²) < 4.78 is 5.53. The number of hydrogen-bond acceptors (Lipinski definition) is 5. The molecule has 25 heavy (non-hydrogen) atoms. The van der Waals surface area contributed by atoms with E-state index in [-0.39, 0.29) is 0 Å². The lowest BCUT2D eigenvalue weighted by Gasteiger charge is -2.18. The first kappa shape index (κ1) is 16.1. The van der Waals surface area contributed by atoms with E-state index in [0.29, 0.717) is 16.3 Å². The second kappa shape index (κ2) is 6.15. The smallest absolute Gasteiger partial charge is 0.355 e. The third-order valence-electron chi connectivity index (χ3n) is 4.79. The Balaban J connectivity index is 1.78. The zero-order valence-corrected chi connectivity index (χ0v) is 15.2. The summed E-state index contributed by atoms with van der Waals surface area (Å²) in [5, 5.41) is 0.960. The zero-order chi connectivity index (χ0) is 17.6. The molecule has 1 aromatic carbocycles. The lowest BCUT2D eigenvalue weighted by molar-refractivity contribution is 0.0741. The second-order valence-electron chi connectivity index (χ2n) is 6.59. The number of ether oxygens (including phenoxy) is 1. The van der Waals surface area contributed by atoms with Crippen molar-refractivity contribution in [3.05, 3.63) is 51.5 Å². The van der Waals surface area contributed by atoms with Crippen LogP contribution in [0.4, 0.5) is 5.69 Å². The molecular formula is C20H20N2O2S. The van der Waals surface area contributed by atoms with Crippen molar-refractivity contribution in [2.45, 2.75) is 39.5 Å². The Labute approximate surface area is 150 Å². The second-order valence-corrected chi connectivity index (χ2v) is 7.59. The third kappa shape index (κ3) is 2.78. The van der Waals surface area contributed by atoms with E-state index in [9.17, 15) is 4.79 Å². The maximum absolute atomic E-state index is 12.6. The molecule has 0 spiro atoms. The number of carbonyl (C=O) groups is 1. The lowest BCUT2D eigenvalue weighted by Crippen LogP contribution is -2.10. The SMILES string of the molecule is Cc1cccc(OC(=O)c2sc3nc(C)c4c(c3c2N)CCCC4)c1. The van der Waals surface area contributed by atoms with Crippen molar-refractivity contribution in [3.63, 3.8) is 0 Å². The molecule has 5 heteroatoms. The number of rotatable bonds is 2. The first-order chi connectivity index (χ1) is 12.0. The van der Waals surface area contributed by atoms with Gasteiger partial charge in [-0.1, -0.05) is 12.1 Å². The van der Waals surface area contributed by atoms with Gasteiger partial charge in [-0.2, -0.15) is 0 Å². The van der Waals surface area contributed by atoms with Crippen molar-refractivity contribution in [3.8, 4) is 5.75 Å². The lowest BCUT2D eigenvalue weighted by atomic mass is 9.89. The number of benzene rings is 1. The number of esters is 1. The van der Waals surface area contributed by atoms with Crippen molar-refractivity contribution in [2.24, 2.45) is 0 Å². The summed E-state index contributed by atoms with van der Waals surface area (Å²) in [4.78, 5) is 18.6. The quantitative estimate of drug-likeness (QED) is 0.541. The number of nitrogens with zero attached hydrogens (tertiary/aromatic N) is 1. The van der Waals surface area contributed by atoms with Gasteiger partial charge in [0.05, 0.1) is 5.69 Å². The Bertz CT molecular complexity index is 991. The molecule has 0 atom stereocenters. The average Bonchev–Trinajstić information content (AvgIpc) is 2.92. The summed E-state index contributed by atoms with van der Waals surface area (Å²) in [5.74, 6) is 0.126. The van der Waals surface area contributed by atoms with E-state index in [2.05, 4.69) is 0 Å². The molecule has 2 N–H and O–H groups in total. The monoisotopic (exact) mass is 352 g/mol. The van der Waals surface area contributed by atoms with Crippen LogP contribution in [0.3, 0.4) is 0 Å². The molecule has 1 aliphatic carbocycles. The summed E-state index contributed by atoms with van der Waals surface area (Å²) in [7, 11) is 0. The number of aromatic nitrogens is 1. The van der Waals surface area contributed by atoms with Crippen LogP contribution in [0.1, 0.15) is 44.9 Å². The molecule has 0 aliphatic heterocycles. The van der Waals surface area contributed by atoms with Crippen LogP contribution in [0.15, 0.2) is 24.3 Å². The van der Waals surface area contributed by atoms with Crippen LogP contribution in [0.25, 0.3) is 10.2 Å². The van der Waals surface area contributed by atoms with Crippen molar-refractivity contribution < 1.29 is 9.53 Å². The summed E-state index contributed by atoms with van der Waals surface area (Å²) in [6.07, 6.45) is 4.39. The molecule has 0 fully saturated rings. The van der Waals surface area contributed by atoms with E-state index in [1.807, 2.05) is 32.0 Å². The number of hydrogen-bond donors (Lipinski definition) is 1. The van der Waals surface area contributed by atoms with Gasteiger partial charge in [0.1, 0.15) is 15.5 Å². The van der Waals surface area contributed by atoms with Gasteiger partial charge in [0.25, 0.3) is 0 Å². The molecular weight excluding hydrogens is 332 g/mol. The largest absolute Gasteiger partial charge is 0.422 e. The van der Waals surface area contributed by atoms with Crippen LogP contribution < -0.4 is 10.5 Å². The molecule has 3 aromatic rings. The van der Waals surface area contributed by atoms with Crippen molar-refractivity contribution in [2.75, 3.05) is 5.73 Å². The Kier molecular flexibility index (Phi) is 3.96. The van der Waals surface area contributed by atoms with Crippen molar-refractivity contribution in [1.82, 2.24) is 4.98 Å². The minimum Gasteiger partial charge on any atom is -0.422 e. The van der Waals surface area contributed by atoms with Crippen LogP contribution in [0, 0.1) is 13.8 Å². The molecule has 0 saturated heterocycles. The van der Waals surface area contributed by atoms with Gasteiger partial charge in [-0.15, -0.1) is 11.3 Å². The number of nitrogen functional groups attached to an aromatic ring is 1. The third-order valence-corrected chi connectivity index (χ3v) is 5.87. The molecule has 2 heterocycles. The van der Waals surface area contributed by atoms with Gasteiger partial charge in [-0.05, 0) is 68.4 Å². The molecule has 4 nitrogen and oxygen atoms in total. The summed E-state index contributed by atoms with van der Waals surface area (Å²) >= 11 is 1.33. The number of anilines is 1. The minimum absolute atomic E-state index is 0.409. The molecule has 0 unspecified atom stereocenters. The molecule has 2 aromatic heterocycles. The fourth-order valence-corrected chi connectivity index (χ4v) is 4.63. The van der Waals surface area contributed by atoms with Crippen molar-refractivity contribution >= 4 is 33.2 Å². The molecule has 0 amide bonds. The van der Waals surface area contributed by atoms with Crippen molar-refractivity contribution in [1.29, 1.82) is 0 Å². The van der Waals surface area contributed by atoms with Crippen LogP contribution in [0.2, 0.25) is 0 Å². The van der Waals surface area contributed by atoms with E-state index in [4.69, 9.17) is 15.5 Å². The number of thiophene rings is 1. The fraction of sp³-hybridized carbons (Fsp3) is 0.300. The summed E-state index contributed by atoms with van der Waals surface area (Å²) in [5.41, 5.74) is 11.6. The van der Waals surface area contributed by atoms with E-state index >= 15 is 0 Å². The van der Waals surface area contributed by atoms with Gasteiger partial charge in [-0.3, -0.25) is 0 Å². The Morgan fingerprint density at radius 3 is 2.72 bits per heavy atom. The van der Waals surface area contributed by atoms with Gasteiger partial charge in [-0.25, -0.2) is 9.78 Å². The van der Waals surface area contributed by atoms with Gasteiger partial charge in [0, 0.05) is 11.1 Å². The number of pyridine rings is 1. The number of aryl methyl sites for hydroxylation is 3. The molecule has 1 aliphatic rings. The number of nitrogens with two attached hydrogens (primary N) is 1. The van der Waals surface area contributed by atoms with Gasteiger partial charge < -0.3 is 10.5 Å². The highest BCUT2D eigenvalue weighted by Gasteiger charge is 2.25. The number of carbonyl (C=O) groups excluding carboxylic acids is 1. The highest BCUT2D eigenvalue weighted by atomic mass is 32.1. The van der Waals surface area contributed by atoms with E-state index in [1.165, 1.54) is 28.9 Å². The Morgan fingerprint density at radius 1 is 1.20 bits per heavy atom. The molecule has 4 rings (SSSR count). The normalized spacial score (nSPS) is 13.7. The molecule has 0 bridgehead atoms. The highest BCUT2D eigenvalue weighted by Crippen LogP contribution is 2.40. The van der Waals surface area contributed by atoms with E-state index in [0.717, 1.165) is 40.7 Å². The Hall–Kier alpha value is -2.40.